The number of sulfonamides is 1. The maximum Gasteiger partial charge on any atom is 0.264 e. The zero-order chi connectivity index (χ0) is 24.7. The van der Waals surface area contributed by atoms with Crippen LogP contribution in [0.2, 0.25) is 0 Å². The summed E-state index contributed by atoms with van der Waals surface area (Å²) in [5.41, 5.74) is 2.95. The smallest absolute Gasteiger partial charge is 0.264 e. The van der Waals surface area contributed by atoms with Gasteiger partial charge < -0.3 is 10.1 Å². The molecule has 3 rings (SSSR count). The number of halogens is 1. The quantitative estimate of drug-likeness (QED) is 0.430. The van der Waals surface area contributed by atoms with Crippen LogP contribution in [0.1, 0.15) is 31.9 Å². The average Bonchev–Trinajstić information content (AvgIpc) is 2.83. The average molecular weight is 485 g/mol. The van der Waals surface area contributed by atoms with Crippen molar-refractivity contribution < 1.29 is 22.3 Å². The third kappa shape index (κ3) is 5.75. The van der Waals surface area contributed by atoms with E-state index < -0.39 is 28.3 Å². The van der Waals surface area contributed by atoms with Crippen molar-refractivity contribution in [2.45, 2.75) is 38.5 Å². The molecule has 3 aromatic rings. The monoisotopic (exact) mass is 484 g/mol. The molecule has 0 bridgehead atoms. The molecule has 1 N–H and O–H groups in total. The first-order chi connectivity index (χ1) is 16.3. The van der Waals surface area contributed by atoms with E-state index in [-0.39, 0.29) is 4.90 Å². The van der Waals surface area contributed by atoms with E-state index in [0.717, 1.165) is 40.4 Å². The summed E-state index contributed by atoms with van der Waals surface area (Å²) in [5.74, 6) is -0.443. The minimum Gasteiger partial charge on any atom is -0.494 e. The maximum absolute atomic E-state index is 13.5. The molecule has 0 aromatic heterocycles. The van der Waals surface area contributed by atoms with Gasteiger partial charge in [0.2, 0.25) is 5.91 Å². The standard InChI is InChI=1S/C26H29FN2O4S/c1-4-19-8-7-9-20(5-2)26(19)28-25(30)18-29(22-12-14-23(15-13-22)33-6-3)34(31,32)24-16-10-21(27)11-17-24/h7-17H,4-6,18H2,1-3H3,(H,28,30). The van der Waals surface area contributed by atoms with Crippen molar-refractivity contribution in [1.82, 2.24) is 0 Å². The number of aryl methyl sites for hydroxylation is 2. The normalized spacial score (nSPS) is 11.2. The fourth-order valence-corrected chi connectivity index (χ4v) is 5.06. The molecule has 3 aromatic carbocycles. The second-order valence-electron chi connectivity index (χ2n) is 7.60. The van der Waals surface area contributed by atoms with Crippen LogP contribution in [-0.2, 0) is 27.7 Å². The Balaban J connectivity index is 1.97. The highest BCUT2D eigenvalue weighted by Gasteiger charge is 2.28. The van der Waals surface area contributed by atoms with E-state index in [2.05, 4.69) is 5.32 Å². The van der Waals surface area contributed by atoms with Crippen molar-refractivity contribution in [3.8, 4) is 5.75 Å². The minimum absolute atomic E-state index is 0.112. The van der Waals surface area contributed by atoms with Gasteiger partial charge in [-0.15, -0.1) is 0 Å². The zero-order valence-electron chi connectivity index (χ0n) is 19.5. The topological polar surface area (TPSA) is 75.7 Å². The molecule has 34 heavy (non-hydrogen) atoms. The molecule has 0 aliphatic carbocycles. The lowest BCUT2D eigenvalue weighted by atomic mass is 10.0. The zero-order valence-corrected chi connectivity index (χ0v) is 20.4. The van der Waals surface area contributed by atoms with Crippen LogP contribution in [0.25, 0.3) is 0 Å². The van der Waals surface area contributed by atoms with Crippen LogP contribution in [-0.4, -0.2) is 27.5 Å². The van der Waals surface area contributed by atoms with Crippen LogP contribution in [0.15, 0.2) is 71.6 Å². The van der Waals surface area contributed by atoms with Crippen LogP contribution < -0.4 is 14.4 Å². The number of hydrogen-bond donors (Lipinski definition) is 1. The van der Waals surface area contributed by atoms with E-state index >= 15 is 0 Å². The fraction of sp³-hybridized carbons (Fsp3) is 0.269. The molecule has 0 saturated carbocycles. The molecule has 0 unspecified atom stereocenters. The lowest BCUT2D eigenvalue weighted by molar-refractivity contribution is -0.114. The van der Waals surface area contributed by atoms with E-state index in [1.807, 2.05) is 39.0 Å². The Kier molecular flexibility index (Phi) is 8.28. The summed E-state index contributed by atoms with van der Waals surface area (Å²) >= 11 is 0. The summed E-state index contributed by atoms with van der Waals surface area (Å²) in [7, 11) is -4.15. The van der Waals surface area contributed by atoms with E-state index in [1.54, 1.807) is 24.3 Å². The van der Waals surface area contributed by atoms with Gasteiger partial charge in [0.1, 0.15) is 18.1 Å². The van der Waals surface area contributed by atoms with Gasteiger partial charge in [0.25, 0.3) is 10.0 Å². The van der Waals surface area contributed by atoms with Crippen molar-refractivity contribution >= 4 is 27.3 Å². The SMILES string of the molecule is CCOc1ccc(N(CC(=O)Nc2c(CC)cccc2CC)S(=O)(=O)c2ccc(F)cc2)cc1. The second kappa shape index (κ2) is 11.2. The van der Waals surface area contributed by atoms with Crippen molar-refractivity contribution in [2.75, 3.05) is 22.8 Å². The second-order valence-corrected chi connectivity index (χ2v) is 9.46. The van der Waals surface area contributed by atoms with Gasteiger partial charge in [0, 0.05) is 5.69 Å². The number of amides is 1. The number of rotatable bonds is 10. The van der Waals surface area contributed by atoms with Gasteiger partial charge in [-0.2, -0.15) is 0 Å². The van der Waals surface area contributed by atoms with Crippen molar-refractivity contribution in [3.05, 3.63) is 83.7 Å². The van der Waals surface area contributed by atoms with Crippen LogP contribution in [0.5, 0.6) is 5.75 Å². The van der Waals surface area contributed by atoms with E-state index in [0.29, 0.717) is 23.7 Å². The summed E-state index contributed by atoms with van der Waals surface area (Å²) in [5, 5.41) is 2.92. The number of anilines is 2. The van der Waals surface area contributed by atoms with Gasteiger partial charge in [0.15, 0.2) is 0 Å². The third-order valence-electron chi connectivity index (χ3n) is 5.39. The molecular formula is C26H29FN2O4S. The molecule has 0 radical (unpaired) electrons. The Labute approximate surface area is 200 Å². The Morgan fingerprint density at radius 2 is 1.50 bits per heavy atom. The first-order valence-electron chi connectivity index (χ1n) is 11.2. The number of benzene rings is 3. The van der Waals surface area contributed by atoms with Gasteiger partial charge in [-0.05, 0) is 79.4 Å². The molecule has 0 spiro atoms. The largest absolute Gasteiger partial charge is 0.494 e. The number of nitrogens with one attached hydrogen (secondary N) is 1. The lowest BCUT2D eigenvalue weighted by Gasteiger charge is -2.25. The highest BCUT2D eigenvalue weighted by Crippen LogP contribution is 2.27. The Bertz CT molecular complexity index is 1200. The molecule has 0 saturated heterocycles. The minimum atomic E-state index is -4.15. The predicted octanol–water partition coefficient (Wildman–Crippen LogP) is 5.18. The summed E-state index contributed by atoms with van der Waals surface area (Å²) in [6, 6.07) is 16.8. The first-order valence-corrected chi connectivity index (χ1v) is 12.7. The molecule has 6 nitrogen and oxygen atoms in total. The van der Waals surface area contributed by atoms with Gasteiger partial charge in [-0.25, -0.2) is 12.8 Å². The Hall–Kier alpha value is -3.39. The molecule has 0 heterocycles. The molecule has 180 valence electrons. The van der Waals surface area contributed by atoms with Crippen molar-refractivity contribution in [1.29, 1.82) is 0 Å². The van der Waals surface area contributed by atoms with Crippen LogP contribution in [0.4, 0.5) is 15.8 Å². The highest BCUT2D eigenvalue weighted by molar-refractivity contribution is 7.92. The summed E-state index contributed by atoms with van der Waals surface area (Å²) < 4.78 is 46.9. The Morgan fingerprint density at radius 3 is 2.03 bits per heavy atom. The number of nitrogens with zero attached hydrogens (tertiary/aromatic N) is 1. The fourth-order valence-electron chi connectivity index (χ4n) is 3.64. The van der Waals surface area contributed by atoms with Crippen molar-refractivity contribution in [2.24, 2.45) is 0 Å². The first kappa shape index (κ1) is 25.2. The third-order valence-corrected chi connectivity index (χ3v) is 7.18. The van der Waals surface area contributed by atoms with E-state index in [9.17, 15) is 17.6 Å². The van der Waals surface area contributed by atoms with Gasteiger partial charge >= 0.3 is 0 Å². The van der Waals surface area contributed by atoms with E-state index in [4.69, 9.17) is 4.74 Å². The van der Waals surface area contributed by atoms with Crippen molar-refractivity contribution in [3.63, 3.8) is 0 Å². The molecule has 8 heteroatoms. The lowest BCUT2D eigenvalue weighted by Crippen LogP contribution is -2.38. The van der Waals surface area contributed by atoms with E-state index in [1.165, 1.54) is 12.1 Å². The molecular weight excluding hydrogens is 455 g/mol. The predicted molar refractivity (Wildman–Crippen MR) is 132 cm³/mol. The number of hydrogen-bond acceptors (Lipinski definition) is 4. The molecule has 0 aliphatic rings. The number of carbonyl (C=O) groups is 1. The highest BCUT2D eigenvalue weighted by atomic mass is 32.2. The molecule has 0 atom stereocenters. The van der Waals surface area contributed by atoms with Gasteiger partial charge in [-0.1, -0.05) is 32.0 Å². The number of ether oxygens (including phenoxy) is 1. The van der Waals surface area contributed by atoms with Crippen LogP contribution >= 0.6 is 0 Å². The van der Waals surface area contributed by atoms with Crippen LogP contribution in [0, 0.1) is 5.82 Å². The van der Waals surface area contributed by atoms with Crippen LogP contribution in [0.3, 0.4) is 0 Å². The summed E-state index contributed by atoms with van der Waals surface area (Å²) in [6.07, 6.45) is 1.44. The summed E-state index contributed by atoms with van der Waals surface area (Å²) in [6.45, 7) is 5.86. The molecule has 0 aliphatic heterocycles. The number of carbonyl (C=O) groups excluding carboxylic acids is 1. The maximum atomic E-state index is 13.5. The summed E-state index contributed by atoms with van der Waals surface area (Å²) in [4.78, 5) is 13.0. The van der Waals surface area contributed by atoms with Gasteiger partial charge in [-0.3, -0.25) is 9.10 Å². The molecule has 1 amide bonds. The Morgan fingerprint density at radius 1 is 0.912 bits per heavy atom. The molecule has 0 fully saturated rings. The number of para-hydroxylation sites is 1. The van der Waals surface area contributed by atoms with Gasteiger partial charge in [0.05, 0.1) is 17.2 Å².